The van der Waals surface area contributed by atoms with Crippen LogP contribution in [0.3, 0.4) is 0 Å². The molecule has 0 spiro atoms. The first-order valence-corrected chi connectivity index (χ1v) is 12.1. The zero-order valence-corrected chi connectivity index (χ0v) is 19.3. The van der Waals surface area contributed by atoms with Crippen LogP contribution in [0.4, 0.5) is 5.69 Å². The summed E-state index contributed by atoms with van der Waals surface area (Å²) in [5.74, 6) is 0.256. The van der Waals surface area contributed by atoms with Crippen molar-refractivity contribution in [2.75, 3.05) is 23.7 Å². The van der Waals surface area contributed by atoms with Crippen LogP contribution in [-0.4, -0.2) is 39.8 Å². The molecule has 0 aliphatic carbocycles. The van der Waals surface area contributed by atoms with Gasteiger partial charge in [0, 0.05) is 5.39 Å². The van der Waals surface area contributed by atoms with Gasteiger partial charge >= 0.3 is 0 Å². The lowest BCUT2D eigenvalue weighted by atomic mass is 10.1. The number of ether oxygens (including phenoxy) is 1. The zero-order valence-electron chi connectivity index (χ0n) is 17.0. The number of anilines is 1. The van der Waals surface area contributed by atoms with E-state index in [1.807, 2.05) is 42.5 Å². The third-order valence-electron chi connectivity index (χ3n) is 4.65. The van der Waals surface area contributed by atoms with Crippen molar-refractivity contribution >= 4 is 55.6 Å². The molecule has 0 saturated carbocycles. The smallest absolute Gasteiger partial charge is 0.243 e. The van der Waals surface area contributed by atoms with E-state index in [9.17, 15) is 13.2 Å². The molecule has 9 heteroatoms. The van der Waals surface area contributed by atoms with Crippen molar-refractivity contribution in [1.82, 2.24) is 5.32 Å². The Bertz CT molecular complexity index is 1200. The number of sulfonamides is 1. The van der Waals surface area contributed by atoms with Crippen LogP contribution >= 0.6 is 23.2 Å². The summed E-state index contributed by atoms with van der Waals surface area (Å²) in [5, 5.41) is 5.25. The molecule has 1 N–H and O–H groups in total. The highest BCUT2D eigenvalue weighted by Gasteiger charge is 2.29. The summed E-state index contributed by atoms with van der Waals surface area (Å²) in [6.45, 7) is 1.95. The monoisotopic (exact) mass is 480 g/mol. The van der Waals surface area contributed by atoms with E-state index in [0.29, 0.717) is 10.8 Å². The quantitative estimate of drug-likeness (QED) is 0.481. The van der Waals surface area contributed by atoms with Crippen LogP contribution in [0, 0.1) is 0 Å². The predicted molar refractivity (Wildman–Crippen MR) is 126 cm³/mol. The fourth-order valence-electron chi connectivity index (χ4n) is 3.24. The Morgan fingerprint density at radius 2 is 1.77 bits per heavy atom. The maximum atomic E-state index is 12.6. The molecule has 0 bridgehead atoms. The Balaban J connectivity index is 1.65. The molecule has 3 aromatic carbocycles. The number of nitrogens with zero attached hydrogens (tertiary/aromatic N) is 1. The number of hydrogen-bond acceptors (Lipinski definition) is 4. The summed E-state index contributed by atoms with van der Waals surface area (Å²) >= 11 is 11.9. The largest absolute Gasteiger partial charge is 0.491 e. The van der Waals surface area contributed by atoms with Crippen molar-refractivity contribution in [2.24, 2.45) is 0 Å². The predicted octanol–water partition coefficient (Wildman–Crippen LogP) is 4.50. The van der Waals surface area contributed by atoms with E-state index in [4.69, 9.17) is 27.9 Å². The molecule has 0 radical (unpaired) electrons. The van der Waals surface area contributed by atoms with Crippen molar-refractivity contribution < 1.29 is 17.9 Å². The van der Waals surface area contributed by atoms with E-state index in [1.54, 1.807) is 0 Å². The zero-order chi connectivity index (χ0) is 22.6. The summed E-state index contributed by atoms with van der Waals surface area (Å²) < 4.78 is 31.5. The van der Waals surface area contributed by atoms with Crippen LogP contribution in [0.15, 0.2) is 60.7 Å². The maximum absolute atomic E-state index is 12.6. The molecule has 1 amide bonds. The van der Waals surface area contributed by atoms with E-state index in [2.05, 4.69) is 5.32 Å². The third kappa shape index (κ3) is 5.61. The first-order valence-electron chi connectivity index (χ1n) is 9.51. The summed E-state index contributed by atoms with van der Waals surface area (Å²) in [4.78, 5) is 12.6. The molecule has 0 aliphatic rings. The lowest BCUT2D eigenvalue weighted by Gasteiger charge is -2.28. The second-order valence-corrected chi connectivity index (χ2v) is 9.62. The van der Waals surface area contributed by atoms with Crippen LogP contribution in [0.25, 0.3) is 10.8 Å². The highest BCUT2D eigenvalue weighted by Crippen LogP contribution is 2.29. The normalized spacial score (nSPS) is 12.4. The van der Waals surface area contributed by atoms with Gasteiger partial charge in [0.05, 0.1) is 28.5 Å². The van der Waals surface area contributed by atoms with Crippen LogP contribution in [-0.2, 0) is 14.8 Å². The fourth-order valence-corrected chi connectivity index (χ4v) is 4.69. The lowest BCUT2D eigenvalue weighted by Crippen LogP contribution is -2.48. The standard InChI is InChI=1S/C22H22Cl2N2O4S/c1-15(26(31(2,28)29)17-10-11-19(23)20(24)14-17)22(27)25-12-13-30-21-9-5-7-16-6-3-4-8-18(16)21/h3-11,14-15H,12-13H2,1-2H3,(H,25,27)/t15-/m1/s1. The highest BCUT2D eigenvalue weighted by atomic mass is 35.5. The number of amides is 1. The molecule has 1 atom stereocenters. The van der Waals surface area contributed by atoms with Gasteiger partial charge in [0.15, 0.2) is 0 Å². The van der Waals surface area contributed by atoms with Crippen molar-refractivity contribution in [3.05, 3.63) is 70.7 Å². The van der Waals surface area contributed by atoms with Gasteiger partial charge < -0.3 is 10.1 Å². The molecule has 0 saturated heterocycles. The van der Waals surface area contributed by atoms with E-state index in [-0.39, 0.29) is 23.9 Å². The maximum Gasteiger partial charge on any atom is 0.243 e. The molecular formula is C22H22Cl2N2O4S. The molecule has 0 aromatic heterocycles. The third-order valence-corrected chi connectivity index (χ3v) is 6.64. The van der Waals surface area contributed by atoms with Crippen LogP contribution in [0.2, 0.25) is 10.0 Å². The molecule has 0 aliphatic heterocycles. The number of halogens is 2. The Morgan fingerprint density at radius 3 is 2.48 bits per heavy atom. The SMILES string of the molecule is C[C@H](C(=O)NCCOc1cccc2ccccc12)N(c1ccc(Cl)c(Cl)c1)S(C)(=O)=O. The molecule has 164 valence electrons. The van der Waals surface area contributed by atoms with E-state index in [1.165, 1.54) is 25.1 Å². The minimum Gasteiger partial charge on any atom is -0.491 e. The number of fused-ring (bicyclic) bond motifs is 1. The molecule has 0 heterocycles. The average Bonchev–Trinajstić information content (AvgIpc) is 2.72. The molecule has 3 aromatic rings. The number of rotatable bonds is 8. The number of benzene rings is 3. The van der Waals surface area contributed by atoms with Gasteiger partial charge in [-0.3, -0.25) is 9.10 Å². The summed E-state index contributed by atoms with van der Waals surface area (Å²) in [5.41, 5.74) is 0.256. The van der Waals surface area contributed by atoms with E-state index in [0.717, 1.165) is 21.3 Å². The topological polar surface area (TPSA) is 75.7 Å². The molecule has 3 rings (SSSR count). The average molecular weight is 481 g/mol. The van der Waals surface area contributed by atoms with Gasteiger partial charge in [-0.05, 0) is 36.6 Å². The summed E-state index contributed by atoms with van der Waals surface area (Å²) in [6.07, 6.45) is 1.03. The first kappa shape index (κ1) is 23.2. The second kappa shape index (κ2) is 9.77. The number of nitrogens with one attached hydrogen (secondary N) is 1. The van der Waals surface area contributed by atoms with E-state index >= 15 is 0 Å². The summed E-state index contributed by atoms with van der Waals surface area (Å²) in [6, 6.07) is 17.0. The minimum absolute atomic E-state index is 0.198. The Morgan fingerprint density at radius 1 is 1.06 bits per heavy atom. The Kier molecular flexibility index (Phi) is 7.30. The van der Waals surface area contributed by atoms with Gasteiger partial charge in [0.2, 0.25) is 15.9 Å². The minimum atomic E-state index is -3.75. The number of carbonyl (C=O) groups excluding carboxylic acids is 1. The van der Waals surface area contributed by atoms with Crippen molar-refractivity contribution in [3.8, 4) is 5.75 Å². The molecule has 6 nitrogen and oxygen atoms in total. The van der Waals surface area contributed by atoms with Gasteiger partial charge in [0.1, 0.15) is 18.4 Å². The lowest BCUT2D eigenvalue weighted by molar-refractivity contribution is -0.121. The number of carbonyl (C=O) groups is 1. The summed E-state index contributed by atoms with van der Waals surface area (Å²) in [7, 11) is -3.75. The van der Waals surface area contributed by atoms with Crippen molar-refractivity contribution in [1.29, 1.82) is 0 Å². The van der Waals surface area contributed by atoms with Crippen LogP contribution in [0.1, 0.15) is 6.92 Å². The fraction of sp³-hybridized carbons (Fsp3) is 0.227. The van der Waals surface area contributed by atoms with Gasteiger partial charge in [0.25, 0.3) is 0 Å². The van der Waals surface area contributed by atoms with Crippen molar-refractivity contribution in [3.63, 3.8) is 0 Å². The molecule has 0 unspecified atom stereocenters. The van der Waals surface area contributed by atoms with Gasteiger partial charge in [-0.2, -0.15) is 0 Å². The number of hydrogen-bond donors (Lipinski definition) is 1. The first-order chi connectivity index (χ1) is 14.7. The van der Waals surface area contributed by atoms with Gasteiger partial charge in [-0.15, -0.1) is 0 Å². The van der Waals surface area contributed by atoms with Gasteiger partial charge in [-0.25, -0.2) is 8.42 Å². The van der Waals surface area contributed by atoms with Gasteiger partial charge in [-0.1, -0.05) is 59.6 Å². The molecule has 0 fully saturated rings. The Hall–Kier alpha value is -2.48. The highest BCUT2D eigenvalue weighted by molar-refractivity contribution is 7.92. The Labute approximate surface area is 191 Å². The van der Waals surface area contributed by atoms with Crippen LogP contribution in [0.5, 0.6) is 5.75 Å². The van der Waals surface area contributed by atoms with E-state index < -0.39 is 22.0 Å². The molecule has 31 heavy (non-hydrogen) atoms. The van der Waals surface area contributed by atoms with Crippen LogP contribution < -0.4 is 14.4 Å². The van der Waals surface area contributed by atoms with Crippen molar-refractivity contribution in [2.45, 2.75) is 13.0 Å². The second-order valence-electron chi connectivity index (χ2n) is 6.95. The molecular weight excluding hydrogens is 459 g/mol.